The van der Waals surface area contributed by atoms with E-state index < -0.39 is 0 Å². The Hall–Kier alpha value is -2.82. The van der Waals surface area contributed by atoms with Crippen LogP contribution in [0.2, 0.25) is 0 Å². The van der Waals surface area contributed by atoms with E-state index in [4.69, 9.17) is 0 Å². The first-order valence-corrected chi connectivity index (χ1v) is 6.29. The highest BCUT2D eigenvalue weighted by molar-refractivity contribution is 6.04. The lowest BCUT2D eigenvalue weighted by Gasteiger charge is -2.07. The van der Waals surface area contributed by atoms with E-state index in [1.807, 2.05) is 54.2 Å². The van der Waals surface area contributed by atoms with E-state index in [-0.39, 0.29) is 5.91 Å². The summed E-state index contributed by atoms with van der Waals surface area (Å²) < 4.78 is 1.96. The van der Waals surface area contributed by atoms with Gasteiger partial charge in [-0.25, -0.2) is 0 Å². The van der Waals surface area contributed by atoms with Crippen LogP contribution in [0.3, 0.4) is 0 Å². The number of aromatic nitrogens is 3. The number of hydrogen-bond acceptors (Lipinski definition) is 2. The van der Waals surface area contributed by atoms with Crippen molar-refractivity contribution in [2.24, 2.45) is 0 Å². The zero-order valence-electron chi connectivity index (χ0n) is 11.0. The highest BCUT2D eigenvalue weighted by atomic mass is 16.1. The molecular formula is C15H14N4O. The molecule has 0 bridgehead atoms. The molecule has 0 atom stereocenters. The largest absolute Gasteiger partial charge is 0.324 e. The van der Waals surface area contributed by atoms with E-state index in [9.17, 15) is 4.79 Å². The highest BCUT2D eigenvalue weighted by Gasteiger charge is 2.09. The van der Waals surface area contributed by atoms with Crippen molar-refractivity contribution in [2.45, 2.75) is 6.92 Å². The van der Waals surface area contributed by atoms with Crippen molar-refractivity contribution in [2.75, 3.05) is 5.32 Å². The second-order valence-electron chi connectivity index (χ2n) is 4.52. The predicted molar refractivity (Wildman–Crippen MR) is 77.0 cm³/mol. The molecule has 0 saturated heterocycles. The summed E-state index contributed by atoms with van der Waals surface area (Å²) in [5.74, 6) is 0.465. The van der Waals surface area contributed by atoms with Crippen molar-refractivity contribution in [3.8, 4) is 5.69 Å². The molecule has 0 aliphatic heterocycles. The van der Waals surface area contributed by atoms with Crippen LogP contribution in [0.25, 0.3) is 5.69 Å². The van der Waals surface area contributed by atoms with E-state index in [1.165, 1.54) is 0 Å². The molecule has 3 rings (SSSR count). The fourth-order valence-electron chi connectivity index (χ4n) is 1.97. The lowest BCUT2D eigenvalue weighted by Crippen LogP contribution is -2.13. The molecule has 2 heterocycles. The van der Waals surface area contributed by atoms with Crippen LogP contribution in [0.1, 0.15) is 15.9 Å². The number of nitrogens with zero attached hydrogens (tertiary/aromatic N) is 2. The van der Waals surface area contributed by atoms with Crippen molar-refractivity contribution >= 4 is 11.7 Å². The zero-order valence-corrected chi connectivity index (χ0v) is 11.0. The van der Waals surface area contributed by atoms with Crippen molar-refractivity contribution < 1.29 is 4.79 Å². The molecule has 1 aromatic carbocycles. The molecule has 0 spiro atoms. The van der Waals surface area contributed by atoms with Gasteiger partial charge in [0.25, 0.3) is 5.91 Å². The van der Waals surface area contributed by atoms with E-state index in [0.717, 1.165) is 11.3 Å². The molecule has 3 aromatic rings. The van der Waals surface area contributed by atoms with Crippen LogP contribution >= 0.6 is 0 Å². The van der Waals surface area contributed by atoms with Crippen molar-refractivity contribution in [3.05, 3.63) is 66.1 Å². The Morgan fingerprint density at radius 3 is 2.75 bits per heavy atom. The lowest BCUT2D eigenvalue weighted by molar-refractivity contribution is 0.102. The number of H-pyrrole nitrogens is 1. The number of aryl methyl sites for hydroxylation is 1. The predicted octanol–water partition coefficient (Wildman–Crippen LogP) is 2.76. The second-order valence-corrected chi connectivity index (χ2v) is 4.52. The standard InChI is InChI=1S/C15H14N4O/c1-11-10-16-18-14(11)17-15(20)12-5-4-6-13(9-12)19-7-2-3-8-19/h2-10H,1H3,(H2,16,17,18,20). The first-order chi connectivity index (χ1) is 9.74. The van der Waals surface area contributed by atoms with E-state index >= 15 is 0 Å². The van der Waals surface area contributed by atoms with Crippen molar-refractivity contribution in [1.29, 1.82) is 0 Å². The van der Waals surface area contributed by atoms with E-state index in [2.05, 4.69) is 15.5 Å². The molecule has 5 heteroatoms. The quantitative estimate of drug-likeness (QED) is 0.765. The summed E-state index contributed by atoms with van der Waals surface area (Å²) in [5.41, 5.74) is 2.45. The number of carbonyl (C=O) groups excluding carboxylic acids is 1. The minimum atomic E-state index is -0.161. The van der Waals surface area contributed by atoms with Crippen LogP contribution in [0, 0.1) is 6.92 Å². The number of carbonyl (C=O) groups is 1. The average molecular weight is 266 g/mol. The van der Waals surface area contributed by atoms with Crippen LogP contribution < -0.4 is 5.32 Å². The molecule has 0 radical (unpaired) electrons. The van der Waals surface area contributed by atoms with Gasteiger partial charge in [-0.15, -0.1) is 0 Å². The third kappa shape index (κ3) is 2.33. The Kier molecular flexibility index (Phi) is 3.09. The van der Waals surface area contributed by atoms with E-state index in [1.54, 1.807) is 12.3 Å². The number of anilines is 1. The van der Waals surface area contributed by atoms with Crippen LogP contribution in [-0.2, 0) is 0 Å². The van der Waals surface area contributed by atoms with Crippen LogP contribution in [-0.4, -0.2) is 20.7 Å². The number of aromatic amines is 1. The third-order valence-corrected chi connectivity index (χ3v) is 3.08. The van der Waals surface area contributed by atoms with Gasteiger partial charge in [0, 0.05) is 29.2 Å². The van der Waals surface area contributed by atoms with Gasteiger partial charge >= 0.3 is 0 Å². The van der Waals surface area contributed by atoms with Gasteiger partial charge in [0.15, 0.2) is 0 Å². The van der Waals surface area contributed by atoms with Gasteiger partial charge in [0.05, 0.1) is 6.20 Å². The van der Waals surface area contributed by atoms with Gasteiger partial charge in [-0.05, 0) is 37.3 Å². The Bertz CT molecular complexity index is 728. The fourth-order valence-corrected chi connectivity index (χ4v) is 1.97. The molecule has 2 aromatic heterocycles. The molecule has 2 N–H and O–H groups in total. The number of benzene rings is 1. The monoisotopic (exact) mass is 266 g/mol. The number of nitrogens with one attached hydrogen (secondary N) is 2. The number of rotatable bonds is 3. The Balaban J connectivity index is 1.85. The summed E-state index contributed by atoms with van der Waals surface area (Å²) in [7, 11) is 0. The lowest BCUT2D eigenvalue weighted by atomic mass is 10.2. The maximum atomic E-state index is 12.2. The number of amides is 1. The Morgan fingerprint density at radius 2 is 2.05 bits per heavy atom. The minimum absolute atomic E-state index is 0.161. The summed E-state index contributed by atoms with van der Waals surface area (Å²) in [5, 5.41) is 9.46. The molecule has 1 amide bonds. The van der Waals surface area contributed by atoms with Gasteiger partial charge in [-0.1, -0.05) is 6.07 Å². The molecule has 0 aliphatic rings. The molecule has 0 fully saturated rings. The molecule has 20 heavy (non-hydrogen) atoms. The van der Waals surface area contributed by atoms with Gasteiger partial charge < -0.3 is 9.88 Å². The summed E-state index contributed by atoms with van der Waals surface area (Å²) in [6, 6.07) is 11.3. The van der Waals surface area contributed by atoms with Crippen molar-refractivity contribution in [1.82, 2.24) is 14.8 Å². The zero-order chi connectivity index (χ0) is 13.9. The van der Waals surface area contributed by atoms with Crippen LogP contribution in [0.15, 0.2) is 55.0 Å². The summed E-state index contributed by atoms with van der Waals surface area (Å²) in [6.07, 6.45) is 5.55. The number of hydrogen-bond donors (Lipinski definition) is 2. The smallest absolute Gasteiger partial charge is 0.256 e. The SMILES string of the molecule is Cc1cn[nH]c1NC(=O)c1cccc(-n2cccc2)c1. The first kappa shape index (κ1) is 12.2. The first-order valence-electron chi connectivity index (χ1n) is 6.29. The summed E-state index contributed by atoms with van der Waals surface area (Å²) in [6.45, 7) is 1.88. The minimum Gasteiger partial charge on any atom is -0.324 e. The molecular weight excluding hydrogens is 252 g/mol. The highest BCUT2D eigenvalue weighted by Crippen LogP contribution is 2.14. The molecule has 0 aliphatic carbocycles. The van der Waals surface area contributed by atoms with Crippen LogP contribution in [0.4, 0.5) is 5.82 Å². The maximum absolute atomic E-state index is 12.2. The Morgan fingerprint density at radius 1 is 1.25 bits per heavy atom. The van der Waals surface area contributed by atoms with Gasteiger partial charge in [0.1, 0.15) is 5.82 Å². The normalized spacial score (nSPS) is 10.4. The van der Waals surface area contributed by atoms with Gasteiger partial charge in [-0.3, -0.25) is 9.89 Å². The Labute approximate surface area is 116 Å². The van der Waals surface area contributed by atoms with Gasteiger partial charge in [-0.2, -0.15) is 5.10 Å². The average Bonchev–Trinajstić information content (AvgIpc) is 3.12. The molecule has 5 nitrogen and oxygen atoms in total. The summed E-state index contributed by atoms with van der Waals surface area (Å²) >= 11 is 0. The molecule has 100 valence electrons. The summed E-state index contributed by atoms with van der Waals surface area (Å²) in [4.78, 5) is 12.2. The fraction of sp³-hybridized carbons (Fsp3) is 0.0667. The van der Waals surface area contributed by atoms with Crippen molar-refractivity contribution in [3.63, 3.8) is 0 Å². The van der Waals surface area contributed by atoms with E-state index in [0.29, 0.717) is 11.4 Å². The third-order valence-electron chi connectivity index (χ3n) is 3.08. The van der Waals surface area contributed by atoms with Crippen LogP contribution in [0.5, 0.6) is 0 Å². The van der Waals surface area contributed by atoms with Gasteiger partial charge in [0.2, 0.25) is 0 Å². The molecule has 0 saturated carbocycles. The maximum Gasteiger partial charge on any atom is 0.256 e. The molecule has 0 unspecified atom stereocenters. The second kappa shape index (κ2) is 5.05. The topological polar surface area (TPSA) is 62.7 Å².